The first kappa shape index (κ1) is 18.2. The molecule has 1 saturated heterocycles. The average Bonchev–Trinajstić information content (AvgIpc) is 3.13. The second kappa shape index (κ2) is 7.44. The van der Waals surface area contributed by atoms with E-state index < -0.39 is 5.97 Å². The van der Waals surface area contributed by atoms with Crippen LogP contribution >= 0.6 is 11.6 Å². The second-order valence-corrected chi connectivity index (χ2v) is 6.87. The molecule has 4 rings (SSSR count). The number of benzene rings is 1. The minimum Gasteiger partial charge on any atom is -0.456 e. The van der Waals surface area contributed by atoms with Gasteiger partial charge in [0.1, 0.15) is 12.3 Å². The lowest BCUT2D eigenvalue weighted by molar-refractivity contribution is -0.117. The summed E-state index contributed by atoms with van der Waals surface area (Å²) in [5.74, 6) is -0.442. The van der Waals surface area contributed by atoms with Gasteiger partial charge in [-0.1, -0.05) is 11.6 Å². The Morgan fingerprint density at radius 2 is 1.93 bits per heavy atom. The van der Waals surface area contributed by atoms with E-state index in [-0.39, 0.29) is 18.1 Å². The van der Waals surface area contributed by atoms with Gasteiger partial charge in [0.05, 0.1) is 16.3 Å². The molecule has 1 amide bonds. The zero-order valence-corrected chi connectivity index (χ0v) is 15.6. The molecule has 0 spiro atoms. The molecule has 0 bridgehead atoms. The number of aromatic nitrogens is 2. The van der Waals surface area contributed by atoms with E-state index in [1.807, 2.05) is 0 Å². The fraction of sp³-hybridized carbons (Fsp3) is 0.200. The van der Waals surface area contributed by atoms with Gasteiger partial charge in [-0.3, -0.25) is 14.0 Å². The number of fused-ring (bicyclic) bond motifs is 1. The lowest BCUT2D eigenvalue weighted by atomic mass is 10.2. The summed E-state index contributed by atoms with van der Waals surface area (Å²) in [7, 11) is 0. The Morgan fingerprint density at radius 1 is 1.14 bits per heavy atom. The van der Waals surface area contributed by atoms with Gasteiger partial charge in [0, 0.05) is 30.9 Å². The van der Waals surface area contributed by atoms with E-state index in [9.17, 15) is 14.4 Å². The van der Waals surface area contributed by atoms with E-state index in [4.69, 9.17) is 16.3 Å². The number of carbonyl (C=O) groups is 2. The Bertz CT molecular complexity index is 1120. The number of anilines is 1. The van der Waals surface area contributed by atoms with Crippen molar-refractivity contribution < 1.29 is 14.3 Å². The van der Waals surface area contributed by atoms with Crippen molar-refractivity contribution in [2.75, 3.05) is 11.4 Å². The van der Waals surface area contributed by atoms with Gasteiger partial charge >= 0.3 is 5.97 Å². The summed E-state index contributed by atoms with van der Waals surface area (Å²) in [5, 5.41) is 0.426. The molecule has 0 atom stereocenters. The Kier molecular flexibility index (Phi) is 4.83. The van der Waals surface area contributed by atoms with E-state index in [1.165, 1.54) is 16.7 Å². The van der Waals surface area contributed by atoms with Gasteiger partial charge in [-0.25, -0.2) is 9.78 Å². The number of pyridine rings is 1. The van der Waals surface area contributed by atoms with Gasteiger partial charge in [0.15, 0.2) is 0 Å². The Labute approximate surface area is 165 Å². The molecule has 7 nitrogen and oxygen atoms in total. The van der Waals surface area contributed by atoms with Gasteiger partial charge in [-0.15, -0.1) is 0 Å². The van der Waals surface area contributed by atoms with Crippen LogP contribution < -0.4 is 10.5 Å². The van der Waals surface area contributed by atoms with Gasteiger partial charge < -0.3 is 9.64 Å². The van der Waals surface area contributed by atoms with E-state index in [2.05, 4.69) is 4.98 Å². The predicted molar refractivity (Wildman–Crippen MR) is 104 cm³/mol. The lowest BCUT2D eigenvalue weighted by Gasteiger charge is -2.15. The largest absolute Gasteiger partial charge is 0.456 e. The maximum atomic E-state index is 12.3. The number of halogens is 1. The van der Waals surface area contributed by atoms with Gasteiger partial charge in [0.25, 0.3) is 5.56 Å². The molecule has 1 aliphatic rings. The number of ether oxygens (including phenoxy) is 1. The maximum absolute atomic E-state index is 12.3. The highest BCUT2D eigenvalue weighted by molar-refractivity contribution is 6.30. The van der Waals surface area contributed by atoms with Crippen LogP contribution in [0.25, 0.3) is 5.65 Å². The van der Waals surface area contributed by atoms with Crippen LogP contribution in [0.2, 0.25) is 5.02 Å². The molecule has 2 aromatic heterocycles. The van der Waals surface area contributed by atoms with Gasteiger partial charge in [-0.2, -0.15) is 0 Å². The van der Waals surface area contributed by atoms with Crippen molar-refractivity contribution in [1.82, 2.24) is 9.38 Å². The summed E-state index contributed by atoms with van der Waals surface area (Å²) in [6.07, 6.45) is 2.87. The first-order chi connectivity index (χ1) is 13.5. The molecular weight excluding hydrogens is 382 g/mol. The van der Waals surface area contributed by atoms with Crippen LogP contribution in [-0.2, 0) is 16.1 Å². The molecule has 0 unspecified atom stereocenters. The third-order valence-corrected chi connectivity index (χ3v) is 4.74. The van der Waals surface area contributed by atoms with E-state index in [0.29, 0.717) is 34.9 Å². The first-order valence-corrected chi connectivity index (χ1v) is 9.14. The minimum atomic E-state index is -0.530. The molecule has 0 aliphatic carbocycles. The van der Waals surface area contributed by atoms with E-state index >= 15 is 0 Å². The molecule has 3 heterocycles. The van der Waals surface area contributed by atoms with Crippen LogP contribution in [-0.4, -0.2) is 27.8 Å². The van der Waals surface area contributed by atoms with Crippen LogP contribution in [0.5, 0.6) is 0 Å². The number of amides is 1. The Morgan fingerprint density at radius 3 is 2.64 bits per heavy atom. The fourth-order valence-electron chi connectivity index (χ4n) is 3.12. The number of hydrogen-bond acceptors (Lipinski definition) is 5. The number of esters is 1. The van der Waals surface area contributed by atoms with Crippen LogP contribution in [0.4, 0.5) is 5.69 Å². The van der Waals surface area contributed by atoms with Crippen LogP contribution in [0.15, 0.2) is 53.5 Å². The molecule has 0 radical (unpaired) electrons. The van der Waals surface area contributed by atoms with Gasteiger partial charge in [0.2, 0.25) is 5.91 Å². The number of hydrogen-bond donors (Lipinski definition) is 0. The molecule has 142 valence electrons. The molecule has 8 heteroatoms. The highest BCUT2D eigenvalue weighted by atomic mass is 35.5. The molecule has 1 fully saturated rings. The summed E-state index contributed by atoms with van der Waals surface area (Å²) in [6, 6.07) is 11.2. The lowest BCUT2D eigenvalue weighted by Crippen LogP contribution is -2.23. The molecule has 0 saturated carbocycles. The van der Waals surface area contributed by atoms with Crippen molar-refractivity contribution in [2.24, 2.45) is 0 Å². The van der Waals surface area contributed by atoms with Crippen molar-refractivity contribution in [3.8, 4) is 0 Å². The van der Waals surface area contributed by atoms with Crippen molar-refractivity contribution >= 4 is 34.8 Å². The molecular formula is C20H16ClN3O4. The molecule has 1 aromatic carbocycles. The SMILES string of the molecule is O=C(OCc1cc(=O)n2cc(Cl)ccc2n1)c1ccc(N2CCCC2=O)cc1. The van der Waals surface area contributed by atoms with Crippen molar-refractivity contribution in [3.63, 3.8) is 0 Å². The monoisotopic (exact) mass is 397 g/mol. The fourth-order valence-corrected chi connectivity index (χ4v) is 3.28. The quantitative estimate of drug-likeness (QED) is 0.632. The molecule has 28 heavy (non-hydrogen) atoms. The summed E-state index contributed by atoms with van der Waals surface area (Å²) >= 11 is 5.88. The average molecular weight is 398 g/mol. The second-order valence-electron chi connectivity index (χ2n) is 6.43. The number of carbonyl (C=O) groups excluding carboxylic acids is 2. The number of nitrogens with zero attached hydrogens (tertiary/aromatic N) is 3. The third-order valence-electron chi connectivity index (χ3n) is 4.52. The highest BCUT2D eigenvalue weighted by Crippen LogP contribution is 2.22. The Hall–Kier alpha value is -3.19. The van der Waals surface area contributed by atoms with Crippen molar-refractivity contribution in [3.05, 3.63) is 75.3 Å². The van der Waals surface area contributed by atoms with Crippen molar-refractivity contribution in [2.45, 2.75) is 19.4 Å². The third kappa shape index (κ3) is 3.61. The highest BCUT2D eigenvalue weighted by Gasteiger charge is 2.21. The summed E-state index contributed by atoms with van der Waals surface area (Å²) in [6.45, 7) is 0.566. The Balaban J connectivity index is 1.45. The smallest absolute Gasteiger partial charge is 0.338 e. The summed E-state index contributed by atoms with van der Waals surface area (Å²) in [5.41, 5.74) is 1.59. The topological polar surface area (TPSA) is 81.0 Å². The first-order valence-electron chi connectivity index (χ1n) is 8.77. The zero-order valence-electron chi connectivity index (χ0n) is 14.8. The zero-order chi connectivity index (χ0) is 19.7. The van der Waals surface area contributed by atoms with Gasteiger partial charge in [-0.05, 0) is 42.8 Å². The molecule has 0 N–H and O–H groups in total. The van der Waals surface area contributed by atoms with Crippen LogP contribution in [0.3, 0.4) is 0 Å². The summed E-state index contributed by atoms with van der Waals surface area (Å²) in [4.78, 5) is 42.2. The summed E-state index contributed by atoms with van der Waals surface area (Å²) < 4.78 is 6.60. The van der Waals surface area contributed by atoms with E-state index in [0.717, 1.165) is 12.1 Å². The maximum Gasteiger partial charge on any atom is 0.338 e. The predicted octanol–water partition coefficient (Wildman–Crippen LogP) is 2.83. The van der Waals surface area contributed by atoms with Crippen LogP contribution in [0.1, 0.15) is 28.9 Å². The number of rotatable bonds is 4. The minimum absolute atomic E-state index is 0.0882. The molecule has 3 aromatic rings. The standard InChI is InChI=1S/C20H16ClN3O4/c21-14-5-8-17-22-15(10-19(26)24(17)11-14)12-28-20(27)13-3-6-16(7-4-13)23-9-1-2-18(23)25/h3-8,10-11H,1-2,9,12H2. The van der Waals surface area contributed by atoms with Crippen LogP contribution in [0, 0.1) is 0 Å². The normalized spacial score (nSPS) is 13.9. The van der Waals surface area contributed by atoms with Crippen molar-refractivity contribution in [1.29, 1.82) is 0 Å². The van der Waals surface area contributed by atoms with E-state index in [1.54, 1.807) is 41.3 Å². The molecule has 1 aliphatic heterocycles.